The highest BCUT2D eigenvalue weighted by Crippen LogP contribution is 2.29. The minimum absolute atomic E-state index is 0.121. The summed E-state index contributed by atoms with van der Waals surface area (Å²) in [7, 11) is -3.72. The molecule has 2 aromatic carbocycles. The van der Waals surface area contributed by atoms with Crippen LogP contribution in [0.3, 0.4) is 0 Å². The number of anilines is 1. The molecule has 7 heteroatoms. The van der Waals surface area contributed by atoms with Crippen molar-refractivity contribution >= 4 is 33.4 Å². The Labute approximate surface area is 159 Å². The second-order valence-corrected chi connectivity index (χ2v) is 8.54. The van der Waals surface area contributed by atoms with Crippen LogP contribution in [0.25, 0.3) is 0 Å². The lowest BCUT2D eigenvalue weighted by Gasteiger charge is -2.16. The molecule has 0 spiro atoms. The van der Waals surface area contributed by atoms with Crippen molar-refractivity contribution in [2.75, 3.05) is 11.6 Å². The fourth-order valence-corrected chi connectivity index (χ4v) is 4.34. The number of carbonyl (C=O) groups excluding carboxylic acids is 1. The average molecular weight is 393 g/mol. The van der Waals surface area contributed by atoms with Crippen molar-refractivity contribution in [1.82, 2.24) is 4.72 Å². The molecule has 0 aliphatic rings. The highest BCUT2D eigenvalue weighted by atomic mass is 32.2. The number of hydrogen-bond donors (Lipinski definition) is 2. The van der Waals surface area contributed by atoms with Gasteiger partial charge in [0.2, 0.25) is 15.9 Å². The maximum atomic E-state index is 12.7. The number of thioether (sulfide) groups is 1. The Morgan fingerprint density at radius 3 is 2.35 bits per heavy atom. The van der Waals surface area contributed by atoms with Gasteiger partial charge < -0.3 is 5.32 Å². The normalized spacial score (nSPS) is 12.6. The summed E-state index contributed by atoms with van der Waals surface area (Å²) in [4.78, 5) is 12.3. The van der Waals surface area contributed by atoms with Gasteiger partial charge in [-0.15, -0.1) is 11.8 Å². The lowest BCUT2D eigenvalue weighted by molar-refractivity contribution is -0.114. The van der Waals surface area contributed by atoms with Gasteiger partial charge >= 0.3 is 0 Å². The first-order valence-electron chi connectivity index (χ1n) is 8.33. The quantitative estimate of drug-likeness (QED) is 0.699. The van der Waals surface area contributed by atoms with Crippen molar-refractivity contribution in [1.29, 1.82) is 0 Å². The third-order valence-electron chi connectivity index (χ3n) is 4.01. The number of benzene rings is 2. The van der Waals surface area contributed by atoms with Crippen LogP contribution in [-0.4, -0.2) is 20.6 Å². The van der Waals surface area contributed by atoms with Crippen molar-refractivity contribution in [3.05, 3.63) is 53.6 Å². The molecular formula is C19H24N2O3S2. The van der Waals surface area contributed by atoms with E-state index in [1.807, 2.05) is 37.4 Å². The fraction of sp³-hybridized carbons (Fsp3) is 0.316. The van der Waals surface area contributed by atoms with Gasteiger partial charge in [0.05, 0.1) is 10.6 Å². The molecule has 140 valence electrons. The molecule has 0 saturated carbocycles. The SMILES string of the molecule is CCc1ccc([C@H](C)NS(=O)(=O)c2ccc(SC)c(NC(C)=O)c2)cc1. The van der Waals surface area contributed by atoms with E-state index in [1.165, 1.54) is 30.3 Å². The molecule has 0 saturated heterocycles. The predicted molar refractivity (Wildman–Crippen MR) is 107 cm³/mol. The van der Waals surface area contributed by atoms with Gasteiger partial charge in [-0.05, 0) is 48.9 Å². The van der Waals surface area contributed by atoms with Crippen LogP contribution in [0, 0.1) is 0 Å². The number of sulfonamides is 1. The van der Waals surface area contributed by atoms with Gasteiger partial charge in [0.25, 0.3) is 0 Å². The monoisotopic (exact) mass is 392 g/mol. The zero-order valence-corrected chi connectivity index (χ0v) is 17.0. The second kappa shape index (κ2) is 8.70. The third-order valence-corrected chi connectivity index (χ3v) is 6.35. The molecule has 0 bridgehead atoms. The first-order valence-corrected chi connectivity index (χ1v) is 11.0. The van der Waals surface area contributed by atoms with Crippen LogP contribution in [0.15, 0.2) is 52.3 Å². The molecule has 0 heterocycles. The van der Waals surface area contributed by atoms with Crippen LogP contribution in [-0.2, 0) is 21.2 Å². The van der Waals surface area contributed by atoms with Gasteiger partial charge in [-0.3, -0.25) is 4.79 Å². The van der Waals surface area contributed by atoms with Gasteiger partial charge in [0.15, 0.2) is 0 Å². The highest BCUT2D eigenvalue weighted by molar-refractivity contribution is 7.98. The fourth-order valence-electron chi connectivity index (χ4n) is 2.55. The molecule has 2 aromatic rings. The molecule has 2 N–H and O–H groups in total. The molecule has 2 rings (SSSR count). The van der Waals surface area contributed by atoms with E-state index in [4.69, 9.17) is 0 Å². The first kappa shape index (κ1) is 20.5. The van der Waals surface area contributed by atoms with Crippen molar-refractivity contribution in [3.8, 4) is 0 Å². The van der Waals surface area contributed by atoms with E-state index < -0.39 is 10.0 Å². The number of amides is 1. The number of nitrogens with one attached hydrogen (secondary N) is 2. The number of hydrogen-bond acceptors (Lipinski definition) is 4. The molecular weight excluding hydrogens is 368 g/mol. The Kier molecular flexibility index (Phi) is 6.86. The maximum Gasteiger partial charge on any atom is 0.241 e. The van der Waals surface area contributed by atoms with Crippen LogP contribution in [0.5, 0.6) is 0 Å². The molecule has 5 nitrogen and oxygen atoms in total. The predicted octanol–water partition coefficient (Wildman–Crippen LogP) is 3.97. The maximum absolute atomic E-state index is 12.7. The minimum atomic E-state index is -3.72. The zero-order chi connectivity index (χ0) is 19.3. The van der Waals surface area contributed by atoms with Crippen molar-refractivity contribution in [2.45, 2.75) is 43.0 Å². The summed E-state index contributed by atoms with van der Waals surface area (Å²) in [6, 6.07) is 12.2. The van der Waals surface area contributed by atoms with Crippen LogP contribution in [0.4, 0.5) is 5.69 Å². The summed E-state index contributed by atoms with van der Waals surface area (Å²) in [5.41, 5.74) is 2.60. The van der Waals surface area contributed by atoms with Gasteiger partial charge in [0.1, 0.15) is 0 Å². The topological polar surface area (TPSA) is 75.3 Å². The first-order chi connectivity index (χ1) is 12.3. The molecule has 0 aliphatic carbocycles. The van der Waals surface area contributed by atoms with E-state index in [-0.39, 0.29) is 16.8 Å². The molecule has 1 amide bonds. The van der Waals surface area contributed by atoms with Gasteiger partial charge in [0, 0.05) is 17.9 Å². The Morgan fingerprint density at radius 2 is 1.81 bits per heavy atom. The Bertz CT molecular complexity index is 878. The summed E-state index contributed by atoms with van der Waals surface area (Å²) < 4.78 is 28.2. The zero-order valence-electron chi connectivity index (χ0n) is 15.4. The van der Waals surface area contributed by atoms with Crippen molar-refractivity contribution in [3.63, 3.8) is 0 Å². The van der Waals surface area contributed by atoms with E-state index in [0.717, 1.165) is 16.9 Å². The van der Waals surface area contributed by atoms with Crippen molar-refractivity contribution < 1.29 is 13.2 Å². The summed E-state index contributed by atoms with van der Waals surface area (Å²) in [5, 5.41) is 2.68. The number of aryl methyl sites for hydroxylation is 1. The molecule has 0 aliphatic heterocycles. The smallest absolute Gasteiger partial charge is 0.241 e. The molecule has 1 atom stereocenters. The largest absolute Gasteiger partial charge is 0.325 e. The van der Waals surface area contributed by atoms with Crippen molar-refractivity contribution in [2.24, 2.45) is 0 Å². The molecule has 0 fully saturated rings. The third kappa shape index (κ3) is 5.09. The standard InChI is InChI=1S/C19H24N2O3S2/c1-5-15-6-8-16(9-7-15)13(2)21-26(23,24)17-10-11-19(25-4)18(12-17)20-14(3)22/h6-13,21H,5H2,1-4H3,(H,20,22)/t13-/m0/s1. The Hall–Kier alpha value is -1.83. The summed E-state index contributed by atoms with van der Waals surface area (Å²) in [5.74, 6) is -0.243. The van der Waals surface area contributed by atoms with E-state index >= 15 is 0 Å². The Morgan fingerprint density at radius 1 is 1.15 bits per heavy atom. The number of carbonyl (C=O) groups is 1. The van der Waals surface area contributed by atoms with E-state index in [9.17, 15) is 13.2 Å². The lowest BCUT2D eigenvalue weighted by atomic mass is 10.1. The lowest BCUT2D eigenvalue weighted by Crippen LogP contribution is -2.27. The average Bonchev–Trinajstić information content (AvgIpc) is 2.60. The molecule has 0 aromatic heterocycles. The van der Waals surface area contributed by atoms with E-state index in [0.29, 0.717) is 5.69 Å². The Balaban J connectivity index is 2.26. The van der Waals surface area contributed by atoms with Crippen LogP contribution < -0.4 is 10.0 Å². The van der Waals surface area contributed by atoms with Gasteiger partial charge in [-0.1, -0.05) is 31.2 Å². The van der Waals surface area contributed by atoms with Gasteiger partial charge in [-0.2, -0.15) is 0 Å². The summed E-state index contributed by atoms with van der Waals surface area (Å²) >= 11 is 1.44. The molecule has 0 unspecified atom stereocenters. The van der Waals surface area contributed by atoms with Crippen LogP contribution >= 0.6 is 11.8 Å². The molecule has 0 radical (unpaired) electrons. The summed E-state index contributed by atoms with van der Waals surface area (Å²) in [6.07, 6.45) is 2.81. The highest BCUT2D eigenvalue weighted by Gasteiger charge is 2.20. The molecule has 26 heavy (non-hydrogen) atoms. The number of rotatable bonds is 7. The summed E-state index contributed by atoms with van der Waals surface area (Å²) in [6.45, 7) is 5.28. The minimum Gasteiger partial charge on any atom is -0.325 e. The van der Waals surface area contributed by atoms with E-state index in [1.54, 1.807) is 12.1 Å². The van der Waals surface area contributed by atoms with Crippen LogP contribution in [0.2, 0.25) is 0 Å². The second-order valence-electron chi connectivity index (χ2n) is 5.98. The van der Waals surface area contributed by atoms with Gasteiger partial charge in [-0.25, -0.2) is 13.1 Å². The van der Waals surface area contributed by atoms with E-state index in [2.05, 4.69) is 17.0 Å². The van der Waals surface area contributed by atoms with Crippen LogP contribution in [0.1, 0.15) is 37.9 Å².